The molecule has 1 aliphatic heterocycles. The van der Waals surface area contributed by atoms with E-state index in [1.807, 2.05) is 24.3 Å². The Balaban J connectivity index is 2.15. The lowest BCUT2D eigenvalue weighted by Gasteiger charge is -2.25. The predicted octanol–water partition coefficient (Wildman–Crippen LogP) is 1.46. The second-order valence-corrected chi connectivity index (χ2v) is 3.95. The average molecular weight is 232 g/mol. The maximum absolute atomic E-state index is 11.8. The maximum Gasteiger partial charge on any atom is 0.339 e. The summed E-state index contributed by atoms with van der Waals surface area (Å²) in [6.45, 7) is 0.950. The molecule has 1 aliphatic carbocycles. The second-order valence-electron chi connectivity index (χ2n) is 3.95. The molecule has 0 bridgehead atoms. The lowest BCUT2D eigenvalue weighted by atomic mass is 10.0. The van der Waals surface area contributed by atoms with Gasteiger partial charge in [-0.1, -0.05) is 24.3 Å². The normalized spacial score (nSPS) is 20.2. The van der Waals surface area contributed by atoms with E-state index in [0.717, 1.165) is 11.1 Å². The van der Waals surface area contributed by atoms with Gasteiger partial charge in [0, 0.05) is 5.56 Å². The van der Waals surface area contributed by atoms with Gasteiger partial charge in [0.05, 0.1) is 20.3 Å². The molecule has 0 aromatic heterocycles. The first-order valence-electron chi connectivity index (χ1n) is 5.46. The fourth-order valence-corrected chi connectivity index (χ4v) is 2.34. The summed E-state index contributed by atoms with van der Waals surface area (Å²) < 4.78 is 16.1. The molecule has 3 rings (SSSR count). The van der Waals surface area contributed by atoms with Gasteiger partial charge in [-0.25, -0.2) is 4.79 Å². The summed E-state index contributed by atoms with van der Waals surface area (Å²) in [5.41, 5.74) is 2.23. The molecule has 0 amide bonds. The van der Waals surface area contributed by atoms with Crippen molar-refractivity contribution in [1.29, 1.82) is 0 Å². The van der Waals surface area contributed by atoms with E-state index < -0.39 is 11.8 Å². The number of hydrogen-bond donors (Lipinski definition) is 0. The van der Waals surface area contributed by atoms with E-state index in [1.54, 1.807) is 6.08 Å². The predicted molar refractivity (Wildman–Crippen MR) is 60.0 cm³/mol. The summed E-state index contributed by atoms with van der Waals surface area (Å²) in [6.07, 6.45) is 1.77. The number of methoxy groups -OCH3 is 1. The molecule has 4 nitrogen and oxygen atoms in total. The van der Waals surface area contributed by atoms with E-state index in [-0.39, 0.29) is 0 Å². The first-order valence-corrected chi connectivity index (χ1v) is 5.46. The number of carbonyl (C=O) groups excluding carboxylic acids is 1. The van der Waals surface area contributed by atoms with Crippen LogP contribution in [0.4, 0.5) is 0 Å². The van der Waals surface area contributed by atoms with E-state index in [2.05, 4.69) is 0 Å². The standard InChI is InChI=1S/C13H12O4/c1-15-12(14)11-8-9-4-2-3-5-10(9)13(11)16-6-7-17-13/h2-5,8H,6-7H2,1H3. The topological polar surface area (TPSA) is 44.8 Å². The number of fused-ring (bicyclic) bond motifs is 2. The maximum atomic E-state index is 11.8. The number of rotatable bonds is 1. The molecule has 2 aliphatic rings. The Labute approximate surface area is 98.8 Å². The summed E-state index contributed by atoms with van der Waals surface area (Å²) in [4.78, 5) is 11.8. The first kappa shape index (κ1) is 10.5. The van der Waals surface area contributed by atoms with Gasteiger partial charge in [-0.05, 0) is 11.6 Å². The zero-order chi connectivity index (χ0) is 11.9. The van der Waals surface area contributed by atoms with Crippen molar-refractivity contribution in [1.82, 2.24) is 0 Å². The third-order valence-electron chi connectivity index (χ3n) is 3.07. The lowest BCUT2D eigenvalue weighted by molar-refractivity contribution is -0.157. The van der Waals surface area contributed by atoms with Crippen molar-refractivity contribution >= 4 is 12.0 Å². The van der Waals surface area contributed by atoms with Crippen molar-refractivity contribution in [3.05, 3.63) is 41.0 Å². The fourth-order valence-electron chi connectivity index (χ4n) is 2.34. The monoisotopic (exact) mass is 232 g/mol. The molecule has 0 unspecified atom stereocenters. The zero-order valence-corrected chi connectivity index (χ0v) is 9.43. The Morgan fingerprint density at radius 1 is 1.29 bits per heavy atom. The van der Waals surface area contributed by atoms with E-state index in [0.29, 0.717) is 18.8 Å². The SMILES string of the molecule is COC(=O)C1=Cc2ccccc2C12OCCO2. The van der Waals surface area contributed by atoms with Gasteiger partial charge in [-0.2, -0.15) is 0 Å². The van der Waals surface area contributed by atoms with Crippen molar-refractivity contribution < 1.29 is 19.0 Å². The molecular formula is C13H12O4. The molecule has 1 aromatic rings. The Morgan fingerprint density at radius 2 is 2.00 bits per heavy atom. The smallest absolute Gasteiger partial charge is 0.339 e. The van der Waals surface area contributed by atoms with Gasteiger partial charge in [0.25, 0.3) is 0 Å². The number of carbonyl (C=O) groups is 1. The van der Waals surface area contributed by atoms with Crippen LogP contribution < -0.4 is 0 Å². The van der Waals surface area contributed by atoms with E-state index in [9.17, 15) is 4.79 Å². The van der Waals surface area contributed by atoms with Gasteiger partial charge in [-0.3, -0.25) is 0 Å². The molecule has 0 atom stereocenters. The van der Waals surface area contributed by atoms with Crippen LogP contribution in [0.15, 0.2) is 29.8 Å². The van der Waals surface area contributed by atoms with E-state index in [4.69, 9.17) is 14.2 Å². The molecular weight excluding hydrogens is 220 g/mol. The van der Waals surface area contributed by atoms with Crippen molar-refractivity contribution in [3.63, 3.8) is 0 Å². The second kappa shape index (κ2) is 3.68. The molecule has 1 saturated heterocycles. The summed E-state index contributed by atoms with van der Waals surface area (Å²) in [5, 5.41) is 0. The van der Waals surface area contributed by atoms with Crippen LogP contribution in [0.3, 0.4) is 0 Å². The molecule has 1 heterocycles. The minimum Gasteiger partial charge on any atom is -0.465 e. The third kappa shape index (κ3) is 1.34. The highest BCUT2D eigenvalue weighted by Gasteiger charge is 2.50. The van der Waals surface area contributed by atoms with Gasteiger partial charge in [0.2, 0.25) is 5.79 Å². The van der Waals surface area contributed by atoms with Gasteiger partial charge < -0.3 is 14.2 Å². The molecule has 1 aromatic carbocycles. The fraction of sp³-hybridized carbons (Fsp3) is 0.308. The average Bonchev–Trinajstić information content (AvgIpc) is 2.97. The van der Waals surface area contributed by atoms with Gasteiger partial charge in [-0.15, -0.1) is 0 Å². The van der Waals surface area contributed by atoms with Gasteiger partial charge in [0.15, 0.2) is 0 Å². The van der Waals surface area contributed by atoms with Crippen molar-refractivity contribution in [2.75, 3.05) is 20.3 Å². The number of benzene rings is 1. The summed E-state index contributed by atoms with van der Waals surface area (Å²) in [6, 6.07) is 7.66. The van der Waals surface area contributed by atoms with Crippen LogP contribution >= 0.6 is 0 Å². The Morgan fingerprint density at radius 3 is 2.71 bits per heavy atom. The van der Waals surface area contributed by atoms with Crippen LogP contribution in [0.5, 0.6) is 0 Å². The highest BCUT2D eigenvalue weighted by Crippen LogP contribution is 2.46. The van der Waals surface area contributed by atoms with Gasteiger partial charge in [0.1, 0.15) is 5.57 Å². The first-order chi connectivity index (χ1) is 8.28. The largest absolute Gasteiger partial charge is 0.465 e. The van der Waals surface area contributed by atoms with E-state index >= 15 is 0 Å². The van der Waals surface area contributed by atoms with Crippen LogP contribution in [-0.4, -0.2) is 26.3 Å². The molecule has 88 valence electrons. The van der Waals surface area contributed by atoms with Crippen molar-refractivity contribution in [2.24, 2.45) is 0 Å². The quantitative estimate of drug-likeness (QED) is 0.687. The van der Waals surface area contributed by atoms with Crippen LogP contribution in [-0.2, 0) is 24.8 Å². The van der Waals surface area contributed by atoms with Crippen LogP contribution in [0, 0.1) is 0 Å². The number of esters is 1. The number of ether oxygens (including phenoxy) is 3. The Bertz CT molecular complexity index is 498. The Kier molecular flexibility index (Phi) is 2.28. The molecule has 4 heteroatoms. The molecule has 0 radical (unpaired) electrons. The molecule has 0 N–H and O–H groups in total. The Hall–Kier alpha value is -1.65. The molecule has 1 fully saturated rings. The minimum absolute atomic E-state index is 0.414. The highest BCUT2D eigenvalue weighted by atomic mass is 16.7. The summed E-state index contributed by atoms with van der Waals surface area (Å²) >= 11 is 0. The molecule has 17 heavy (non-hydrogen) atoms. The third-order valence-corrected chi connectivity index (χ3v) is 3.07. The highest BCUT2D eigenvalue weighted by molar-refractivity contribution is 5.98. The van der Waals surface area contributed by atoms with Crippen molar-refractivity contribution in [3.8, 4) is 0 Å². The van der Waals surface area contributed by atoms with Crippen LogP contribution in [0.2, 0.25) is 0 Å². The number of hydrogen-bond acceptors (Lipinski definition) is 4. The van der Waals surface area contributed by atoms with Crippen LogP contribution in [0.1, 0.15) is 11.1 Å². The zero-order valence-electron chi connectivity index (χ0n) is 9.43. The molecule has 0 saturated carbocycles. The van der Waals surface area contributed by atoms with Crippen LogP contribution in [0.25, 0.3) is 6.08 Å². The lowest BCUT2D eigenvalue weighted by Crippen LogP contribution is -2.31. The summed E-state index contributed by atoms with van der Waals surface area (Å²) in [7, 11) is 1.36. The van der Waals surface area contributed by atoms with Gasteiger partial charge >= 0.3 is 5.97 Å². The minimum atomic E-state index is -1.05. The van der Waals surface area contributed by atoms with Crippen molar-refractivity contribution in [2.45, 2.75) is 5.79 Å². The van der Waals surface area contributed by atoms with E-state index in [1.165, 1.54) is 7.11 Å². The molecule has 1 spiro atoms. The summed E-state index contributed by atoms with van der Waals surface area (Å²) in [5.74, 6) is -1.47.